The van der Waals surface area contributed by atoms with E-state index in [-0.39, 0.29) is 0 Å². The zero-order valence-corrected chi connectivity index (χ0v) is 13.1. The van der Waals surface area contributed by atoms with Gasteiger partial charge in [-0.25, -0.2) is 8.42 Å². The molecule has 0 aromatic heterocycles. The molecule has 0 unspecified atom stereocenters. The summed E-state index contributed by atoms with van der Waals surface area (Å²) in [5, 5.41) is 9.54. The predicted octanol–water partition coefficient (Wildman–Crippen LogP) is 3.55. The first-order chi connectivity index (χ1) is 9.32. The van der Waals surface area contributed by atoms with Gasteiger partial charge in [-0.15, -0.1) is 0 Å². The number of aryl methyl sites for hydroxylation is 2. The monoisotopic (exact) mass is 291 g/mol. The summed E-state index contributed by atoms with van der Waals surface area (Å²) in [7, 11) is -3.61. The molecule has 0 aliphatic heterocycles. The minimum atomic E-state index is -3.61. The predicted molar refractivity (Wildman–Crippen MR) is 79.1 cm³/mol. The summed E-state index contributed by atoms with van der Waals surface area (Å²) >= 11 is 0. The van der Waals surface area contributed by atoms with E-state index < -0.39 is 14.6 Å². The number of sulfone groups is 1. The molecule has 4 heteroatoms. The van der Waals surface area contributed by atoms with Gasteiger partial charge < -0.3 is 0 Å². The van der Waals surface area contributed by atoms with Crippen molar-refractivity contribution in [1.82, 2.24) is 0 Å². The smallest absolute Gasteiger partial charge is 0.197 e. The highest BCUT2D eigenvalue weighted by Crippen LogP contribution is 2.41. The Morgan fingerprint density at radius 1 is 1.25 bits per heavy atom. The Balaban J connectivity index is 2.51. The minimum Gasteiger partial charge on any atom is -0.222 e. The molecule has 0 amide bonds. The first-order valence-electron chi connectivity index (χ1n) is 7.05. The molecule has 20 heavy (non-hydrogen) atoms. The number of benzene rings is 1. The fourth-order valence-electron chi connectivity index (χ4n) is 2.98. The van der Waals surface area contributed by atoms with Crippen LogP contribution in [0.3, 0.4) is 0 Å². The molecular formula is C16H21NO2S. The maximum atomic E-state index is 13.0. The first-order valence-corrected chi connectivity index (χ1v) is 8.54. The fourth-order valence-corrected chi connectivity index (χ4v) is 5.02. The average Bonchev–Trinajstić information content (AvgIpc) is 2.39. The summed E-state index contributed by atoms with van der Waals surface area (Å²) in [5.74, 6) is 0.505. The van der Waals surface area contributed by atoms with Gasteiger partial charge in [-0.1, -0.05) is 24.6 Å². The Bertz CT molecular complexity index is 648. The van der Waals surface area contributed by atoms with E-state index in [1.807, 2.05) is 13.0 Å². The zero-order valence-electron chi connectivity index (χ0n) is 12.3. The van der Waals surface area contributed by atoms with Gasteiger partial charge in [0, 0.05) is 0 Å². The van der Waals surface area contributed by atoms with Gasteiger partial charge in [0.15, 0.2) is 14.6 Å². The zero-order chi connectivity index (χ0) is 15.0. The molecule has 3 nitrogen and oxygen atoms in total. The topological polar surface area (TPSA) is 57.9 Å². The molecule has 1 aliphatic carbocycles. The molecule has 0 saturated heterocycles. The SMILES string of the molecule is Cc1ccc(S(=O)(=O)C2(C#N)CCC(C)CC2)c(C)c1. The largest absolute Gasteiger partial charge is 0.222 e. The third-order valence-electron chi connectivity index (χ3n) is 4.42. The number of hydrogen-bond acceptors (Lipinski definition) is 3. The van der Waals surface area contributed by atoms with Crippen LogP contribution in [0.15, 0.2) is 23.1 Å². The van der Waals surface area contributed by atoms with E-state index in [0.29, 0.717) is 23.7 Å². The Hall–Kier alpha value is -1.34. The lowest BCUT2D eigenvalue weighted by atomic mass is 9.83. The fraction of sp³-hybridized carbons (Fsp3) is 0.562. The van der Waals surface area contributed by atoms with Crippen LogP contribution in [0.25, 0.3) is 0 Å². The van der Waals surface area contributed by atoms with Crippen LogP contribution in [-0.4, -0.2) is 13.2 Å². The molecule has 0 atom stereocenters. The standard InChI is InChI=1S/C16H21NO2S/c1-12-6-8-16(11-17,9-7-12)20(18,19)15-5-4-13(2)10-14(15)3/h4-5,10,12H,6-9H2,1-3H3. The molecule has 1 fully saturated rings. The van der Waals surface area contributed by atoms with Crippen LogP contribution in [0.5, 0.6) is 0 Å². The Morgan fingerprint density at radius 3 is 2.35 bits per heavy atom. The summed E-state index contributed by atoms with van der Waals surface area (Å²) in [6.07, 6.45) is 2.50. The van der Waals surface area contributed by atoms with E-state index in [9.17, 15) is 13.7 Å². The molecule has 1 aromatic carbocycles. The molecule has 1 saturated carbocycles. The van der Waals surface area contributed by atoms with Gasteiger partial charge in [0.1, 0.15) is 0 Å². The number of hydrogen-bond donors (Lipinski definition) is 0. The lowest BCUT2D eigenvalue weighted by molar-refractivity contribution is 0.345. The number of nitrogens with zero attached hydrogens (tertiary/aromatic N) is 1. The van der Waals surface area contributed by atoms with E-state index >= 15 is 0 Å². The van der Waals surface area contributed by atoms with Crippen LogP contribution in [0.1, 0.15) is 43.7 Å². The highest BCUT2D eigenvalue weighted by Gasteiger charge is 2.47. The van der Waals surface area contributed by atoms with Crippen LogP contribution in [0.4, 0.5) is 0 Å². The van der Waals surface area contributed by atoms with Crippen LogP contribution < -0.4 is 0 Å². The van der Waals surface area contributed by atoms with E-state index in [2.05, 4.69) is 13.0 Å². The van der Waals surface area contributed by atoms with Gasteiger partial charge in [0.2, 0.25) is 0 Å². The quantitative estimate of drug-likeness (QED) is 0.837. The lowest BCUT2D eigenvalue weighted by Crippen LogP contribution is -2.41. The minimum absolute atomic E-state index is 0.319. The lowest BCUT2D eigenvalue weighted by Gasteiger charge is -2.33. The van der Waals surface area contributed by atoms with Crippen LogP contribution >= 0.6 is 0 Å². The van der Waals surface area contributed by atoms with Gasteiger partial charge in [-0.05, 0) is 57.1 Å². The molecule has 2 rings (SSSR count). The first kappa shape index (κ1) is 15.1. The highest BCUT2D eigenvalue weighted by atomic mass is 32.2. The molecular weight excluding hydrogens is 270 g/mol. The summed E-state index contributed by atoms with van der Waals surface area (Å²) in [5.41, 5.74) is 1.77. The molecule has 0 bridgehead atoms. The van der Waals surface area contributed by atoms with E-state index in [4.69, 9.17) is 0 Å². The third-order valence-corrected chi connectivity index (χ3v) is 6.99. The number of nitriles is 1. The van der Waals surface area contributed by atoms with E-state index in [0.717, 1.165) is 24.0 Å². The molecule has 1 aliphatic rings. The van der Waals surface area contributed by atoms with Crippen LogP contribution in [0, 0.1) is 31.1 Å². The molecule has 0 heterocycles. The third kappa shape index (κ3) is 2.35. The summed E-state index contributed by atoms with van der Waals surface area (Å²) < 4.78 is 24.7. The van der Waals surface area contributed by atoms with Crippen molar-refractivity contribution in [2.75, 3.05) is 0 Å². The van der Waals surface area contributed by atoms with Gasteiger partial charge in [0.05, 0.1) is 11.0 Å². The summed E-state index contributed by atoms with van der Waals surface area (Å²) in [6, 6.07) is 7.45. The van der Waals surface area contributed by atoms with Gasteiger partial charge in [0.25, 0.3) is 0 Å². The second kappa shape index (κ2) is 5.21. The summed E-state index contributed by atoms with van der Waals surface area (Å²) in [4.78, 5) is 0.319. The Morgan fingerprint density at radius 2 is 1.85 bits per heavy atom. The highest BCUT2D eigenvalue weighted by molar-refractivity contribution is 7.93. The van der Waals surface area contributed by atoms with Gasteiger partial charge in [-0.3, -0.25) is 0 Å². The maximum Gasteiger partial charge on any atom is 0.197 e. The van der Waals surface area contributed by atoms with Crippen molar-refractivity contribution in [3.8, 4) is 6.07 Å². The summed E-state index contributed by atoms with van der Waals surface area (Å²) in [6.45, 7) is 5.85. The molecule has 0 spiro atoms. The molecule has 1 aromatic rings. The van der Waals surface area contributed by atoms with Crippen molar-refractivity contribution in [3.63, 3.8) is 0 Å². The number of rotatable bonds is 2. The second-order valence-corrected chi connectivity index (χ2v) is 8.29. The maximum absolute atomic E-state index is 13.0. The Labute approximate surface area is 121 Å². The van der Waals surface area contributed by atoms with Crippen molar-refractivity contribution in [2.24, 2.45) is 5.92 Å². The molecule has 0 N–H and O–H groups in total. The van der Waals surface area contributed by atoms with Crippen molar-refractivity contribution < 1.29 is 8.42 Å². The van der Waals surface area contributed by atoms with Gasteiger partial charge in [-0.2, -0.15) is 5.26 Å². The van der Waals surface area contributed by atoms with Gasteiger partial charge >= 0.3 is 0 Å². The van der Waals surface area contributed by atoms with Crippen LogP contribution in [-0.2, 0) is 9.84 Å². The average molecular weight is 291 g/mol. The molecule has 0 radical (unpaired) electrons. The van der Waals surface area contributed by atoms with Crippen molar-refractivity contribution in [3.05, 3.63) is 29.3 Å². The normalized spacial score (nSPS) is 27.0. The molecule has 108 valence electrons. The van der Waals surface area contributed by atoms with Crippen molar-refractivity contribution in [2.45, 2.75) is 56.1 Å². The van der Waals surface area contributed by atoms with Crippen molar-refractivity contribution >= 4 is 9.84 Å². The van der Waals surface area contributed by atoms with Crippen molar-refractivity contribution in [1.29, 1.82) is 5.26 Å². The second-order valence-electron chi connectivity index (χ2n) is 6.06. The van der Waals surface area contributed by atoms with Crippen LogP contribution in [0.2, 0.25) is 0 Å². The van der Waals surface area contributed by atoms with E-state index in [1.165, 1.54) is 0 Å². The Kier molecular flexibility index (Phi) is 3.93. The van der Waals surface area contributed by atoms with E-state index in [1.54, 1.807) is 19.1 Å².